The van der Waals surface area contributed by atoms with Gasteiger partial charge in [-0.25, -0.2) is 0 Å². The van der Waals surface area contributed by atoms with Gasteiger partial charge in [0.1, 0.15) is 0 Å². The first-order valence-corrected chi connectivity index (χ1v) is 6.78. The monoisotopic (exact) mass is 269 g/mol. The van der Waals surface area contributed by atoms with E-state index in [1.54, 1.807) is 7.05 Å². The Hall–Kier alpha value is -1.54. The lowest BCUT2D eigenvalue weighted by Crippen LogP contribution is -2.39. The number of nitrogens with two attached hydrogens (primary N) is 1. The number of carbonyl (C=O) groups is 2. The Kier molecular flexibility index (Phi) is 15.1. The minimum atomic E-state index is -0.342. The molecule has 110 valence electrons. The average molecular weight is 269 g/mol. The summed E-state index contributed by atoms with van der Waals surface area (Å²) in [5.41, 5.74) is 5.18. The number of hydrogen-bond acceptors (Lipinski definition) is 3. The third-order valence-electron chi connectivity index (χ3n) is 2.43. The van der Waals surface area contributed by atoms with Gasteiger partial charge in [-0.05, 0) is 26.3 Å². The fourth-order valence-corrected chi connectivity index (χ4v) is 1.40. The third-order valence-corrected chi connectivity index (χ3v) is 2.43. The Morgan fingerprint density at radius 1 is 1.32 bits per heavy atom. The lowest BCUT2D eigenvalue weighted by Gasteiger charge is -2.11. The van der Waals surface area contributed by atoms with Gasteiger partial charge in [0.15, 0.2) is 0 Å². The summed E-state index contributed by atoms with van der Waals surface area (Å²) in [5, 5.41) is 5.61. The molecule has 0 saturated heterocycles. The minimum absolute atomic E-state index is 0.0250. The van der Waals surface area contributed by atoms with Crippen molar-refractivity contribution in [3.05, 3.63) is 0 Å². The largest absolute Gasteiger partial charge is 0.368 e. The molecule has 0 spiro atoms. The highest BCUT2D eigenvalue weighted by atomic mass is 16.2. The van der Waals surface area contributed by atoms with Gasteiger partial charge >= 0.3 is 0 Å². The van der Waals surface area contributed by atoms with Gasteiger partial charge in [0.25, 0.3) is 0 Å². The van der Waals surface area contributed by atoms with Gasteiger partial charge in [-0.3, -0.25) is 9.59 Å². The Morgan fingerprint density at radius 2 is 1.95 bits per heavy atom. The second-order valence-corrected chi connectivity index (χ2v) is 3.79. The molecule has 5 nitrogen and oxygen atoms in total. The summed E-state index contributed by atoms with van der Waals surface area (Å²) in [6.45, 7) is 4.61. The lowest BCUT2D eigenvalue weighted by molar-refractivity contribution is -0.121. The van der Waals surface area contributed by atoms with Gasteiger partial charge in [0.2, 0.25) is 11.8 Å². The van der Waals surface area contributed by atoms with Gasteiger partial charge in [0, 0.05) is 19.4 Å². The lowest BCUT2D eigenvalue weighted by atomic mass is 10.1. The van der Waals surface area contributed by atoms with Crippen LogP contribution < -0.4 is 16.4 Å². The van der Waals surface area contributed by atoms with Crippen LogP contribution in [0.25, 0.3) is 0 Å². The maximum absolute atomic E-state index is 11.2. The highest BCUT2D eigenvalue weighted by Crippen LogP contribution is 1.99. The van der Waals surface area contributed by atoms with Crippen molar-refractivity contribution in [2.75, 3.05) is 13.6 Å². The van der Waals surface area contributed by atoms with Gasteiger partial charge in [-0.2, -0.15) is 0 Å². The summed E-state index contributed by atoms with van der Waals surface area (Å²) in [6, 6.07) is -0.285. The smallest absolute Gasteiger partial charge is 0.234 e. The SMILES string of the molecule is C#CCCC(=O)NCCCCC(NC)C(N)=O.CC. The quantitative estimate of drug-likeness (QED) is 0.427. The zero-order chi connectivity index (χ0) is 15.1. The number of likely N-dealkylation sites (N-methyl/N-ethyl adjacent to an activating group) is 1. The van der Waals surface area contributed by atoms with Crippen molar-refractivity contribution >= 4 is 11.8 Å². The molecule has 0 fully saturated rings. The normalized spacial score (nSPS) is 10.6. The molecule has 0 aromatic rings. The van der Waals surface area contributed by atoms with E-state index in [0.717, 1.165) is 12.8 Å². The first-order valence-electron chi connectivity index (χ1n) is 6.78. The van der Waals surface area contributed by atoms with Crippen LogP contribution in [0.2, 0.25) is 0 Å². The molecule has 1 unspecified atom stereocenters. The molecule has 0 radical (unpaired) electrons. The van der Waals surface area contributed by atoms with E-state index in [4.69, 9.17) is 12.2 Å². The number of carbonyl (C=O) groups excluding carboxylic acids is 2. The van der Waals surface area contributed by atoms with Crippen molar-refractivity contribution < 1.29 is 9.59 Å². The Morgan fingerprint density at radius 3 is 2.42 bits per heavy atom. The zero-order valence-corrected chi connectivity index (χ0v) is 12.3. The molecule has 0 heterocycles. The summed E-state index contributed by atoms with van der Waals surface area (Å²) >= 11 is 0. The molecule has 0 aliphatic carbocycles. The topological polar surface area (TPSA) is 84.2 Å². The number of primary amides is 1. The predicted octanol–water partition coefficient (Wildman–Crippen LogP) is 0.786. The van der Waals surface area contributed by atoms with E-state index in [1.165, 1.54) is 0 Å². The summed E-state index contributed by atoms with van der Waals surface area (Å²) in [6.07, 6.45) is 8.24. The molecule has 4 N–H and O–H groups in total. The fraction of sp³-hybridized carbons (Fsp3) is 0.714. The molecule has 0 aliphatic heterocycles. The molecular formula is C14H27N3O2. The summed E-state index contributed by atoms with van der Waals surface area (Å²) in [7, 11) is 1.71. The Labute approximate surface area is 116 Å². The maximum atomic E-state index is 11.2. The van der Waals surface area contributed by atoms with E-state index >= 15 is 0 Å². The van der Waals surface area contributed by atoms with Gasteiger partial charge in [-0.15, -0.1) is 12.3 Å². The fourth-order valence-electron chi connectivity index (χ4n) is 1.40. The summed E-state index contributed by atoms with van der Waals surface area (Å²) < 4.78 is 0. The van der Waals surface area contributed by atoms with Crippen LogP contribution in [0.5, 0.6) is 0 Å². The van der Waals surface area contributed by atoms with Crippen molar-refractivity contribution in [2.24, 2.45) is 5.73 Å². The molecule has 5 heteroatoms. The first-order chi connectivity index (χ1) is 9.11. The van der Waals surface area contributed by atoms with Crippen LogP contribution >= 0.6 is 0 Å². The van der Waals surface area contributed by atoms with Crippen molar-refractivity contribution in [1.82, 2.24) is 10.6 Å². The number of nitrogens with one attached hydrogen (secondary N) is 2. The number of amides is 2. The van der Waals surface area contributed by atoms with Crippen LogP contribution in [-0.4, -0.2) is 31.4 Å². The molecule has 19 heavy (non-hydrogen) atoms. The maximum Gasteiger partial charge on any atom is 0.234 e. The van der Waals surface area contributed by atoms with Crippen molar-refractivity contribution in [2.45, 2.75) is 52.0 Å². The zero-order valence-electron chi connectivity index (χ0n) is 12.3. The molecular weight excluding hydrogens is 242 g/mol. The van der Waals surface area contributed by atoms with Crippen LogP contribution in [0.15, 0.2) is 0 Å². The van der Waals surface area contributed by atoms with Crippen LogP contribution in [0.4, 0.5) is 0 Å². The van der Waals surface area contributed by atoms with Crippen LogP contribution in [-0.2, 0) is 9.59 Å². The molecule has 2 amide bonds. The highest BCUT2D eigenvalue weighted by Gasteiger charge is 2.11. The number of terminal acetylenes is 1. The van der Waals surface area contributed by atoms with E-state index in [1.807, 2.05) is 13.8 Å². The molecule has 1 atom stereocenters. The second-order valence-electron chi connectivity index (χ2n) is 3.79. The van der Waals surface area contributed by atoms with E-state index in [9.17, 15) is 9.59 Å². The van der Waals surface area contributed by atoms with E-state index < -0.39 is 0 Å². The minimum Gasteiger partial charge on any atom is -0.368 e. The molecule has 0 aromatic heterocycles. The van der Waals surface area contributed by atoms with Crippen LogP contribution in [0, 0.1) is 12.3 Å². The van der Waals surface area contributed by atoms with E-state index in [0.29, 0.717) is 25.8 Å². The average Bonchev–Trinajstić information content (AvgIpc) is 2.42. The highest BCUT2D eigenvalue weighted by molar-refractivity contribution is 5.79. The van der Waals surface area contributed by atoms with E-state index in [-0.39, 0.29) is 17.9 Å². The first kappa shape index (κ1) is 19.8. The molecule has 0 rings (SSSR count). The van der Waals surface area contributed by atoms with Crippen molar-refractivity contribution in [1.29, 1.82) is 0 Å². The number of unbranched alkanes of at least 4 members (excludes halogenated alkanes) is 1. The van der Waals surface area contributed by atoms with Crippen LogP contribution in [0.3, 0.4) is 0 Å². The van der Waals surface area contributed by atoms with Crippen molar-refractivity contribution in [3.63, 3.8) is 0 Å². The van der Waals surface area contributed by atoms with Gasteiger partial charge in [0.05, 0.1) is 6.04 Å². The van der Waals surface area contributed by atoms with Crippen LogP contribution in [0.1, 0.15) is 46.0 Å². The summed E-state index contributed by atoms with van der Waals surface area (Å²) in [5.74, 6) is 2.05. The molecule has 0 aromatic carbocycles. The Balaban J connectivity index is 0. The van der Waals surface area contributed by atoms with Gasteiger partial charge < -0.3 is 16.4 Å². The second kappa shape index (κ2) is 14.5. The Bertz CT molecular complexity index is 285. The third kappa shape index (κ3) is 12.7. The number of hydrogen-bond donors (Lipinski definition) is 3. The molecule has 0 bridgehead atoms. The predicted molar refractivity (Wildman–Crippen MR) is 78.3 cm³/mol. The van der Waals surface area contributed by atoms with Crippen molar-refractivity contribution in [3.8, 4) is 12.3 Å². The molecule has 0 saturated carbocycles. The summed E-state index contributed by atoms with van der Waals surface area (Å²) in [4.78, 5) is 22.1. The van der Waals surface area contributed by atoms with E-state index in [2.05, 4.69) is 16.6 Å². The van der Waals surface area contributed by atoms with Gasteiger partial charge in [-0.1, -0.05) is 13.8 Å². The molecule has 0 aliphatic rings. The number of rotatable bonds is 9. The standard InChI is InChI=1S/C12H21N3O2.C2H6/c1-3-4-8-11(16)15-9-6-5-7-10(14-2)12(13)17;1-2/h1,10,14H,4-9H2,2H3,(H2,13,17)(H,15,16);1-2H3.